The summed E-state index contributed by atoms with van der Waals surface area (Å²) in [5.74, 6) is 1.83. The van der Waals surface area contributed by atoms with E-state index >= 15 is 0 Å². The Morgan fingerprint density at radius 1 is 0.667 bits per heavy atom. The zero-order chi connectivity index (χ0) is 41.6. The second-order valence-electron chi connectivity index (χ2n) is 13.8. The maximum absolute atomic E-state index is 6.32. The van der Waals surface area contributed by atoms with E-state index in [-0.39, 0.29) is 0 Å². The number of benzene rings is 4. The van der Waals surface area contributed by atoms with E-state index in [0.29, 0.717) is 29.1 Å². The molecule has 0 N–H and O–H groups in total. The molecule has 4 aromatic heterocycles. The summed E-state index contributed by atoms with van der Waals surface area (Å²) >= 11 is 1.65. The van der Waals surface area contributed by atoms with Gasteiger partial charge in [-0.15, -0.1) is 11.3 Å². The van der Waals surface area contributed by atoms with E-state index < -0.39 is 0 Å². The third-order valence-electron chi connectivity index (χ3n) is 10.0. The first-order valence-corrected chi connectivity index (χ1v) is 20.4. The number of hydrogen-bond acceptors (Lipinski definition) is 7. The van der Waals surface area contributed by atoms with Crippen LogP contribution in [0.15, 0.2) is 158 Å². The molecule has 0 fully saturated rings. The summed E-state index contributed by atoms with van der Waals surface area (Å²) in [4.78, 5) is 24.7. The molecule has 8 aromatic rings. The molecule has 4 aromatic carbocycles. The first-order valence-electron chi connectivity index (χ1n) is 19.6. The Kier molecular flexibility index (Phi) is 11.7. The van der Waals surface area contributed by atoms with Gasteiger partial charge in [-0.1, -0.05) is 149 Å². The van der Waals surface area contributed by atoms with Crippen LogP contribution >= 0.6 is 11.3 Å². The Balaban J connectivity index is 1.17. The minimum atomic E-state index is 0.482. The normalized spacial score (nSPS) is 11.8. The largest absolute Gasteiger partial charge is 0.439 e. The van der Waals surface area contributed by atoms with Crippen molar-refractivity contribution in [3.8, 4) is 50.7 Å². The molecule has 8 rings (SSSR count). The molecule has 0 aliphatic heterocycles. The van der Waals surface area contributed by atoms with Crippen LogP contribution in [-0.2, 0) is 0 Å². The molecule has 0 unspecified atom stereocenters. The number of thiazole rings is 1. The van der Waals surface area contributed by atoms with E-state index in [1.807, 2.05) is 106 Å². The van der Waals surface area contributed by atoms with Crippen molar-refractivity contribution in [1.82, 2.24) is 29.5 Å². The number of aromatic nitrogens is 6. The highest BCUT2D eigenvalue weighted by Crippen LogP contribution is 2.35. The predicted molar refractivity (Wildman–Crippen MR) is 254 cm³/mol. The first kappa shape index (κ1) is 39.7. The zero-order valence-corrected chi connectivity index (χ0v) is 34.5. The van der Waals surface area contributed by atoms with Crippen LogP contribution in [0.4, 0.5) is 0 Å². The smallest absolute Gasteiger partial charge is 0.305 e. The van der Waals surface area contributed by atoms with Gasteiger partial charge in [0.05, 0.1) is 21.6 Å². The number of fused-ring (bicyclic) bond motifs is 1. The zero-order valence-electron chi connectivity index (χ0n) is 33.7. The standard InChI is InChI=1S/C50H40B2N6OS/c1-7-10-25-39-32(4)58(50-54-41(26-11-8-2)45(52-6)59-50)44(51-5)40(39)30-33(9-3)36-23-18-24-38(29-36)49-53-42-31-37(27-28-43(42)60-49)48-56-46(34-19-14-12-15-20-34)55-47(57-48)35-21-16-13-17-22-35/h7-31H,1-3H2,4-6H3/b25-10-,26-11-,33-30+. The quantitative estimate of drug-likeness (QED) is 0.0805. The summed E-state index contributed by atoms with van der Waals surface area (Å²) in [6.45, 7) is 18.0. The van der Waals surface area contributed by atoms with Gasteiger partial charge in [0.1, 0.15) is 5.01 Å². The number of hydrogen-bond donors (Lipinski definition) is 0. The lowest BCUT2D eigenvalue weighted by atomic mass is 9.74. The van der Waals surface area contributed by atoms with Crippen molar-refractivity contribution in [1.29, 1.82) is 0 Å². The Bertz CT molecular complexity index is 2920. The van der Waals surface area contributed by atoms with E-state index in [9.17, 15) is 0 Å². The van der Waals surface area contributed by atoms with Gasteiger partial charge >= 0.3 is 6.01 Å². The summed E-state index contributed by atoms with van der Waals surface area (Å²) in [6.07, 6.45) is 15.3. The minimum Gasteiger partial charge on any atom is -0.439 e. The van der Waals surface area contributed by atoms with Gasteiger partial charge in [0.25, 0.3) is 0 Å². The number of nitrogens with zero attached hydrogens (tertiary/aromatic N) is 6. The van der Waals surface area contributed by atoms with Crippen molar-refractivity contribution in [3.63, 3.8) is 0 Å². The Hall–Kier alpha value is -7.16. The fraction of sp³-hybridized carbons (Fsp3) is 0.0600. The second-order valence-corrected chi connectivity index (χ2v) is 14.8. The van der Waals surface area contributed by atoms with Crippen molar-refractivity contribution in [2.45, 2.75) is 20.6 Å². The van der Waals surface area contributed by atoms with E-state index in [2.05, 4.69) is 93.1 Å². The van der Waals surface area contributed by atoms with Gasteiger partial charge in [0.2, 0.25) is 7.28 Å². The van der Waals surface area contributed by atoms with Crippen LogP contribution in [-0.4, -0.2) is 44.0 Å². The summed E-state index contributed by atoms with van der Waals surface area (Å²) in [5.41, 5.74) is 11.9. The number of rotatable bonds is 14. The molecule has 7 nitrogen and oxygen atoms in total. The lowest BCUT2D eigenvalue weighted by Gasteiger charge is -2.08. The van der Waals surface area contributed by atoms with E-state index in [0.717, 1.165) is 76.7 Å². The molecule has 10 heteroatoms. The molecule has 0 spiro atoms. The fourth-order valence-electron chi connectivity index (χ4n) is 7.10. The molecule has 0 saturated heterocycles. The lowest BCUT2D eigenvalue weighted by Crippen LogP contribution is -2.24. The van der Waals surface area contributed by atoms with Crippen molar-refractivity contribution in [2.24, 2.45) is 0 Å². The van der Waals surface area contributed by atoms with E-state index in [4.69, 9.17) is 29.3 Å². The minimum absolute atomic E-state index is 0.482. The van der Waals surface area contributed by atoms with Gasteiger partial charge in [0, 0.05) is 33.5 Å². The van der Waals surface area contributed by atoms with Crippen molar-refractivity contribution in [3.05, 3.63) is 181 Å². The van der Waals surface area contributed by atoms with Crippen LogP contribution in [0.25, 0.3) is 84.8 Å². The maximum Gasteiger partial charge on any atom is 0.305 e. The topological polar surface area (TPSA) is 82.5 Å². The summed E-state index contributed by atoms with van der Waals surface area (Å²) in [5, 5.41) is 0.908. The van der Waals surface area contributed by atoms with Gasteiger partial charge in [-0.3, -0.25) is 4.57 Å². The highest BCUT2D eigenvalue weighted by molar-refractivity contribution is 7.21. The van der Waals surface area contributed by atoms with Gasteiger partial charge in [-0.25, -0.2) is 19.9 Å². The molecular weight excluding hydrogens is 754 g/mol. The monoisotopic (exact) mass is 794 g/mol. The van der Waals surface area contributed by atoms with Gasteiger partial charge in [0.15, 0.2) is 24.8 Å². The molecule has 0 bridgehead atoms. The molecule has 4 heterocycles. The fourth-order valence-corrected chi connectivity index (χ4v) is 8.04. The van der Waals surface area contributed by atoms with Crippen LogP contribution in [0.3, 0.4) is 0 Å². The Labute approximate surface area is 356 Å². The van der Waals surface area contributed by atoms with Crippen molar-refractivity contribution < 1.29 is 4.42 Å². The molecule has 0 aliphatic carbocycles. The maximum atomic E-state index is 6.32. The van der Waals surface area contributed by atoms with Crippen LogP contribution in [0.5, 0.6) is 0 Å². The van der Waals surface area contributed by atoms with Gasteiger partial charge in [-0.2, -0.15) is 4.98 Å². The summed E-state index contributed by atoms with van der Waals surface area (Å²) < 4.78 is 9.44. The lowest BCUT2D eigenvalue weighted by molar-refractivity contribution is 0.554. The highest BCUT2D eigenvalue weighted by Gasteiger charge is 2.23. The summed E-state index contributed by atoms with van der Waals surface area (Å²) in [7, 11) is 4.00. The van der Waals surface area contributed by atoms with Crippen molar-refractivity contribution >= 4 is 71.2 Å². The van der Waals surface area contributed by atoms with Crippen LogP contribution in [0, 0.1) is 6.92 Å². The van der Waals surface area contributed by atoms with Crippen LogP contribution in [0.2, 0.25) is 13.6 Å². The Morgan fingerprint density at radius 3 is 1.95 bits per heavy atom. The van der Waals surface area contributed by atoms with Crippen LogP contribution < -0.4 is 11.3 Å². The summed E-state index contributed by atoms with van der Waals surface area (Å²) in [6, 6.07) is 35.1. The SMILES string of the molecule is C=C/C=C\c1nc(-n2c(C)c(/C=C\C=C)c(/C=C(\C=C)c3cccc(-c4nc5cc(-c6nc(-c7ccccc7)nc(-c7ccccc7)n6)ccc5s4)c3)c2[B]C)oc1[B]C. The highest BCUT2D eigenvalue weighted by atomic mass is 32.1. The van der Waals surface area contributed by atoms with Gasteiger partial charge in [-0.05, 0) is 65.6 Å². The van der Waals surface area contributed by atoms with Crippen molar-refractivity contribution in [2.75, 3.05) is 0 Å². The molecule has 288 valence electrons. The first-order chi connectivity index (χ1) is 29.4. The second kappa shape index (κ2) is 17.8. The molecule has 60 heavy (non-hydrogen) atoms. The molecule has 0 aliphatic rings. The molecule has 2 radical (unpaired) electrons. The van der Waals surface area contributed by atoms with Crippen LogP contribution in [0.1, 0.15) is 28.1 Å². The van der Waals surface area contributed by atoms with Gasteiger partial charge < -0.3 is 4.42 Å². The Morgan fingerprint density at radius 2 is 1.32 bits per heavy atom. The average Bonchev–Trinajstić information content (AvgIpc) is 3.99. The molecular formula is C50H40B2N6OS. The third kappa shape index (κ3) is 7.97. The van der Waals surface area contributed by atoms with E-state index in [1.165, 1.54) is 0 Å². The number of allylic oxidation sites excluding steroid dienone is 6. The molecule has 0 amide bonds. The average molecular weight is 795 g/mol. The predicted octanol–water partition coefficient (Wildman–Crippen LogP) is 11.1. The molecule has 0 atom stereocenters. The number of oxazole rings is 1. The van der Waals surface area contributed by atoms with E-state index in [1.54, 1.807) is 23.5 Å². The molecule has 0 saturated carbocycles. The third-order valence-corrected chi connectivity index (χ3v) is 11.1.